The summed E-state index contributed by atoms with van der Waals surface area (Å²) in [6.07, 6.45) is -1.57. The second kappa shape index (κ2) is 10.6. The molecular weight excluding hydrogens is 525 g/mol. The van der Waals surface area contributed by atoms with Gasteiger partial charge in [0.15, 0.2) is 0 Å². The van der Waals surface area contributed by atoms with Crippen LogP contribution < -0.4 is 4.74 Å². The Labute approximate surface area is 229 Å². The van der Waals surface area contributed by atoms with Crippen molar-refractivity contribution in [2.45, 2.75) is 50.4 Å². The molecule has 0 unspecified atom stereocenters. The lowest BCUT2D eigenvalue weighted by Crippen LogP contribution is -2.40. The van der Waals surface area contributed by atoms with Crippen LogP contribution in [-0.4, -0.2) is 70.4 Å². The summed E-state index contributed by atoms with van der Waals surface area (Å²) in [5, 5.41) is 15.2. The number of carboxylic acid groups (broad SMARTS) is 1. The summed E-state index contributed by atoms with van der Waals surface area (Å²) in [5.41, 5.74) is 8.32. The zero-order chi connectivity index (χ0) is 28.7. The third-order valence-electron chi connectivity index (χ3n) is 7.94. The zero-order valence-corrected chi connectivity index (χ0v) is 22.3. The first kappa shape index (κ1) is 27.7. The Hall–Kier alpha value is -3.86. The summed E-state index contributed by atoms with van der Waals surface area (Å²) in [5.74, 6) is -1.66. The maximum atomic E-state index is 13.7. The van der Waals surface area contributed by atoms with E-state index < -0.39 is 12.1 Å². The molecule has 1 fully saturated rings. The molecule has 11 heteroatoms. The van der Waals surface area contributed by atoms with Crippen LogP contribution in [0.2, 0.25) is 0 Å². The van der Waals surface area contributed by atoms with Crippen LogP contribution >= 0.6 is 0 Å². The predicted molar refractivity (Wildman–Crippen MR) is 141 cm³/mol. The van der Waals surface area contributed by atoms with E-state index >= 15 is 0 Å². The van der Waals surface area contributed by atoms with Crippen molar-refractivity contribution in [3.05, 3.63) is 70.4 Å². The number of carbonyl (C=O) groups is 2. The number of benzene rings is 2. The molecule has 0 atom stereocenters. The van der Waals surface area contributed by atoms with E-state index in [1.165, 1.54) is 27.9 Å². The first-order valence-electron chi connectivity index (χ1n) is 13.1. The second-order valence-electron chi connectivity index (χ2n) is 10.6. The van der Waals surface area contributed by atoms with E-state index in [0.29, 0.717) is 0 Å². The SMILES string of the molecule is COc1ccc(C2(C(=O)N3CCc4[nH]nc(-c5cccc6c5CN(C)C6)c4CC3)CC2)cc1.O=C(O)C(F)(F)F. The number of nitrogens with zero attached hydrogens (tertiary/aromatic N) is 3. The molecule has 0 bridgehead atoms. The Bertz CT molecular complexity index is 1410. The number of nitrogens with one attached hydrogen (secondary N) is 1. The van der Waals surface area contributed by atoms with E-state index in [-0.39, 0.29) is 11.3 Å². The molecule has 1 saturated carbocycles. The van der Waals surface area contributed by atoms with Crippen molar-refractivity contribution in [3.63, 3.8) is 0 Å². The van der Waals surface area contributed by atoms with Crippen LogP contribution in [-0.2, 0) is 40.9 Å². The molecule has 212 valence electrons. The number of halogens is 3. The van der Waals surface area contributed by atoms with Crippen molar-refractivity contribution in [2.75, 3.05) is 27.2 Å². The third-order valence-corrected chi connectivity index (χ3v) is 7.94. The summed E-state index contributed by atoms with van der Waals surface area (Å²) >= 11 is 0. The van der Waals surface area contributed by atoms with Crippen LogP contribution in [0.25, 0.3) is 11.3 Å². The topological polar surface area (TPSA) is 98.8 Å². The molecule has 3 aromatic rings. The fourth-order valence-corrected chi connectivity index (χ4v) is 5.68. The molecule has 0 spiro atoms. The minimum absolute atomic E-state index is 0.273. The highest BCUT2D eigenvalue weighted by Gasteiger charge is 2.53. The van der Waals surface area contributed by atoms with Gasteiger partial charge in [0.25, 0.3) is 0 Å². The summed E-state index contributed by atoms with van der Waals surface area (Å²) in [7, 11) is 3.83. The third kappa shape index (κ3) is 5.30. The van der Waals surface area contributed by atoms with Gasteiger partial charge in [-0.2, -0.15) is 18.3 Å². The van der Waals surface area contributed by atoms with Gasteiger partial charge in [0, 0.05) is 49.4 Å². The number of rotatable bonds is 4. The number of fused-ring (bicyclic) bond motifs is 2. The summed E-state index contributed by atoms with van der Waals surface area (Å²) in [6.45, 7) is 3.43. The van der Waals surface area contributed by atoms with E-state index in [9.17, 15) is 18.0 Å². The number of hydrogen-bond acceptors (Lipinski definition) is 5. The number of alkyl halides is 3. The minimum Gasteiger partial charge on any atom is -0.497 e. The number of carbonyl (C=O) groups excluding carboxylic acids is 1. The molecule has 0 radical (unpaired) electrons. The van der Waals surface area contributed by atoms with Gasteiger partial charge in [-0.3, -0.25) is 14.8 Å². The molecular formula is C29H31F3N4O4. The minimum atomic E-state index is -5.08. The molecule has 8 nitrogen and oxygen atoms in total. The molecule has 1 aliphatic carbocycles. The van der Waals surface area contributed by atoms with Gasteiger partial charge in [-0.15, -0.1) is 0 Å². The average Bonchev–Trinajstić information content (AvgIpc) is 3.57. The highest BCUT2D eigenvalue weighted by Crippen LogP contribution is 2.50. The smallest absolute Gasteiger partial charge is 0.490 e. The quantitative estimate of drug-likeness (QED) is 0.497. The molecule has 40 heavy (non-hydrogen) atoms. The Balaban J connectivity index is 0.000000411. The number of hydrogen-bond donors (Lipinski definition) is 2. The van der Waals surface area contributed by atoms with E-state index in [2.05, 4.69) is 52.3 Å². The molecule has 0 saturated heterocycles. The van der Waals surface area contributed by atoms with Crippen LogP contribution in [0.4, 0.5) is 13.2 Å². The van der Waals surface area contributed by atoms with Crippen LogP contribution in [0.1, 0.15) is 40.8 Å². The predicted octanol–water partition coefficient (Wildman–Crippen LogP) is 4.32. The molecule has 2 N–H and O–H groups in total. The molecule has 2 aliphatic heterocycles. The maximum absolute atomic E-state index is 13.7. The van der Waals surface area contributed by atoms with Gasteiger partial charge in [-0.25, -0.2) is 4.79 Å². The van der Waals surface area contributed by atoms with Crippen molar-refractivity contribution in [3.8, 4) is 17.0 Å². The Morgan fingerprint density at radius 3 is 2.33 bits per heavy atom. The fourth-order valence-electron chi connectivity index (χ4n) is 5.68. The average molecular weight is 557 g/mol. The molecule has 3 aliphatic rings. The Morgan fingerprint density at radius 2 is 1.70 bits per heavy atom. The van der Waals surface area contributed by atoms with E-state index in [0.717, 1.165) is 68.9 Å². The lowest BCUT2D eigenvalue weighted by Gasteiger charge is -2.26. The van der Waals surface area contributed by atoms with E-state index in [1.807, 2.05) is 12.1 Å². The largest absolute Gasteiger partial charge is 0.497 e. The Kier molecular flexibility index (Phi) is 7.34. The van der Waals surface area contributed by atoms with Gasteiger partial charge in [0.2, 0.25) is 5.91 Å². The highest BCUT2D eigenvalue weighted by atomic mass is 19.4. The van der Waals surface area contributed by atoms with Crippen LogP contribution in [0.3, 0.4) is 0 Å². The summed E-state index contributed by atoms with van der Waals surface area (Å²) < 4.78 is 37.0. The van der Waals surface area contributed by atoms with Gasteiger partial charge in [-0.1, -0.05) is 30.3 Å². The molecule has 1 aromatic heterocycles. The van der Waals surface area contributed by atoms with Crippen LogP contribution in [0.15, 0.2) is 42.5 Å². The van der Waals surface area contributed by atoms with Crippen molar-refractivity contribution in [1.82, 2.24) is 20.0 Å². The standard InChI is InChI=1S/C27H30N4O2.C2HF3O2/c1-30-16-18-4-3-5-21(23(18)17-30)25-22-10-14-31(15-11-24(22)28-29-25)26(32)27(12-13-27)19-6-8-20(33-2)9-7-19;3-2(4,5)1(6)7/h3-9H,10-17H2,1-2H3,(H,28,29);(H,6,7). The van der Waals surface area contributed by atoms with Gasteiger partial charge in [-0.05, 0) is 55.1 Å². The fraction of sp³-hybridized carbons (Fsp3) is 0.414. The van der Waals surface area contributed by atoms with Crippen molar-refractivity contribution < 1.29 is 32.6 Å². The number of amides is 1. The number of methoxy groups -OCH3 is 1. The number of aromatic nitrogens is 2. The van der Waals surface area contributed by atoms with Crippen LogP contribution in [0, 0.1) is 0 Å². The van der Waals surface area contributed by atoms with Gasteiger partial charge in [0.1, 0.15) is 5.75 Å². The van der Waals surface area contributed by atoms with Crippen molar-refractivity contribution in [1.29, 1.82) is 0 Å². The number of carboxylic acids is 1. The monoisotopic (exact) mass is 556 g/mol. The Morgan fingerprint density at radius 1 is 1.02 bits per heavy atom. The van der Waals surface area contributed by atoms with Gasteiger partial charge < -0.3 is 14.7 Å². The zero-order valence-electron chi connectivity index (χ0n) is 22.3. The van der Waals surface area contributed by atoms with Gasteiger partial charge >= 0.3 is 12.1 Å². The summed E-state index contributed by atoms with van der Waals surface area (Å²) in [4.78, 5) is 27.0. The van der Waals surface area contributed by atoms with Crippen molar-refractivity contribution in [2.24, 2.45) is 0 Å². The number of aromatic amines is 1. The normalized spacial score (nSPS) is 17.7. The second-order valence-corrected chi connectivity index (χ2v) is 10.6. The first-order valence-corrected chi connectivity index (χ1v) is 13.1. The van der Waals surface area contributed by atoms with E-state index in [1.54, 1.807) is 7.11 Å². The molecule has 3 heterocycles. The number of aliphatic carboxylic acids is 1. The lowest BCUT2D eigenvalue weighted by molar-refractivity contribution is -0.192. The van der Waals surface area contributed by atoms with E-state index in [4.69, 9.17) is 19.7 Å². The maximum Gasteiger partial charge on any atom is 0.490 e. The lowest BCUT2D eigenvalue weighted by atomic mass is 9.94. The highest BCUT2D eigenvalue weighted by molar-refractivity contribution is 5.91. The number of H-pyrrole nitrogens is 1. The first-order chi connectivity index (χ1) is 19.0. The summed E-state index contributed by atoms with van der Waals surface area (Å²) in [6, 6.07) is 14.6. The molecule has 1 amide bonds. The molecule has 2 aromatic carbocycles. The number of ether oxygens (including phenoxy) is 1. The van der Waals surface area contributed by atoms with Crippen LogP contribution in [0.5, 0.6) is 5.75 Å². The molecule has 6 rings (SSSR count). The van der Waals surface area contributed by atoms with Gasteiger partial charge in [0.05, 0.1) is 18.2 Å². The van der Waals surface area contributed by atoms with Crippen molar-refractivity contribution >= 4 is 11.9 Å².